The number of amides is 1. The number of fused-ring (bicyclic) bond motifs is 2. The number of nitrogens with one attached hydrogen (secondary N) is 1. The molecule has 0 aromatic heterocycles. The summed E-state index contributed by atoms with van der Waals surface area (Å²) >= 11 is 0. The molecule has 8 heteroatoms. The van der Waals surface area contributed by atoms with Gasteiger partial charge in [0.2, 0.25) is 0 Å². The number of sulfone groups is 1. The molecular formula is C22H25N3O4S. The molecule has 1 saturated heterocycles. The van der Waals surface area contributed by atoms with Crippen LogP contribution in [0.4, 0.5) is 0 Å². The first-order valence-corrected chi connectivity index (χ1v) is 11.6. The van der Waals surface area contributed by atoms with Gasteiger partial charge in [-0.3, -0.25) is 9.79 Å². The highest BCUT2D eigenvalue weighted by Gasteiger charge is 2.29. The fraction of sp³-hybridized carbons (Fsp3) is 0.364. The van der Waals surface area contributed by atoms with Crippen LogP contribution in [0.25, 0.3) is 0 Å². The molecule has 0 radical (unpaired) electrons. The Hall–Kier alpha value is -2.71. The van der Waals surface area contributed by atoms with Crippen molar-refractivity contribution in [1.29, 1.82) is 0 Å². The third-order valence-corrected chi connectivity index (χ3v) is 7.74. The van der Waals surface area contributed by atoms with E-state index in [1.165, 1.54) is 0 Å². The number of benzene rings is 1. The molecule has 0 unspecified atom stereocenters. The summed E-state index contributed by atoms with van der Waals surface area (Å²) in [6.45, 7) is 2.68. The zero-order valence-electron chi connectivity index (χ0n) is 16.7. The molecule has 4 rings (SSSR count). The topological polar surface area (TPSA) is 88.1 Å². The molecule has 1 aromatic carbocycles. The third kappa shape index (κ3) is 4.71. The van der Waals surface area contributed by atoms with Crippen molar-refractivity contribution in [2.24, 2.45) is 4.99 Å². The Balaban J connectivity index is 1.37. The van der Waals surface area contributed by atoms with Gasteiger partial charge in [-0.05, 0) is 42.7 Å². The first-order valence-electron chi connectivity index (χ1n) is 10.1. The molecule has 158 valence electrons. The molecule has 3 heterocycles. The predicted octanol–water partition coefficient (Wildman–Crippen LogP) is 1.98. The van der Waals surface area contributed by atoms with Crippen LogP contribution in [0.1, 0.15) is 18.4 Å². The maximum Gasteiger partial charge on any atom is 0.251 e. The van der Waals surface area contributed by atoms with Gasteiger partial charge in [-0.1, -0.05) is 18.2 Å². The monoisotopic (exact) mass is 427 g/mol. The third-order valence-electron chi connectivity index (χ3n) is 5.46. The lowest BCUT2D eigenvalue weighted by Gasteiger charge is -2.23. The van der Waals surface area contributed by atoms with Crippen LogP contribution >= 0.6 is 0 Å². The van der Waals surface area contributed by atoms with E-state index in [2.05, 4.69) is 15.2 Å². The summed E-state index contributed by atoms with van der Waals surface area (Å²) in [6, 6.07) is 6.76. The average molecular weight is 428 g/mol. The Morgan fingerprint density at radius 3 is 2.70 bits per heavy atom. The standard InChI is InChI=1S/C22H25N3O4S/c26-22(18-3-4-19-16-25(11-7-18)12-10-23-19)24-15-17-1-5-20(6-2-17)30(27,28)21-8-13-29-14-9-21/h1-7,10,12,21H,8-9,11,13-16H2,(H,24,26)/b4-3-,18-7+. The molecule has 0 aliphatic carbocycles. The van der Waals surface area contributed by atoms with Gasteiger partial charge in [-0.2, -0.15) is 0 Å². The first kappa shape index (κ1) is 20.6. The molecule has 0 saturated carbocycles. The van der Waals surface area contributed by atoms with Gasteiger partial charge in [0.05, 0.1) is 22.4 Å². The summed E-state index contributed by atoms with van der Waals surface area (Å²) in [5, 5.41) is 2.52. The van der Waals surface area contributed by atoms with E-state index >= 15 is 0 Å². The van der Waals surface area contributed by atoms with E-state index < -0.39 is 9.84 Å². The lowest BCUT2D eigenvalue weighted by molar-refractivity contribution is -0.117. The summed E-state index contributed by atoms with van der Waals surface area (Å²) in [5.41, 5.74) is 2.34. The lowest BCUT2D eigenvalue weighted by Crippen LogP contribution is -2.30. The van der Waals surface area contributed by atoms with Crippen molar-refractivity contribution in [3.8, 4) is 0 Å². The summed E-state index contributed by atoms with van der Waals surface area (Å²) in [7, 11) is -3.35. The molecule has 7 nitrogen and oxygen atoms in total. The average Bonchev–Trinajstić information content (AvgIpc) is 2.78. The van der Waals surface area contributed by atoms with Crippen molar-refractivity contribution in [3.05, 3.63) is 66.0 Å². The van der Waals surface area contributed by atoms with Crippen LogP contribution < -0.4 is 5.32 Å². The number of hydrogen-bond acceptors (Lipinski definition) is 6. The van der Waals surface area contributed by atoms with E-state index in [4.69, 9.17) is 4.74 Å². The predicted molar refractivity (Wildman–Crippen MR) is 115 cm³/mol. The molecule has 2 bridgehead atoms. The smallest absolute Gasteiger partial charge is 0.251 e. The highest BCUT2D eigenvalue weighted by atomic mass is 32.2. The molecule has 1 amide bonds. The SMILES string of the molecule is O=C(NCc1ccc(S(=O)(=O)C2CCOCC2)cc1)C1=C/CN2C=CN=C(/C=C\1)C2. The van der Waals surface area contributed by atoms with Gasteiger partial charge in [0.25, 0.3) is 5.91 Å². The van der Waals surface area contributed by atoms with Crippen molar-refractivity contribution >= 4 is 21.5 Å². The Labute approximate surface area is 176 Å². The van der Waals surface area contributed by atoms with Crippen LogP contribution in [-0.4, -0.2) is 56.5 Å². The van der Waals surface area contributed by atoms with E-state index in [1.807, 2.05) is 18.4 Å². The van der Waals surface area contributed by atoms with Gasteiger partial charge in [-0.15, -0.1) is 0 Å². The molecule has 3 aliphatic rings. The Morgan fingerprint density at radius 1 is 1.17 bits per heavy atom. The van der Waals surface area contributed by atoms with E-state index in [0.717, 1.165) is 17.8 Å². The minimum Gasteiger partial charge on any atom is -0.381 e. The van der Waals surface area contributed by atoms with Gasteiger partial charge in [0.1, 0.15) is 0 Å². The van der Waals surface area contributed by atoms with Crippen molar-refractivity contribution in [1.82, 2.24) is 10.2 Å². The van der Waals surface area contributed by atoms with E-state index in [0.29, 0.717) is 49.6 Å². The highest BCUT2D eigenvalue weighted by Crippen LogP contribution is 2.24. The summed E-state index contributed by atoms with van der Waals surface area (Å²) in [4.78, 5) is 19.3. The second-order valence-corrected chi connectivity index (χ2v) is 9.75. The van der Waals surface area contributed by atoms with Crippen LogP contribution in [0.5, 0.6) is 0 Å². The summed E-state index contributed by atoms with van der Waals surface area (Å²) in [6.07, 6.45) is 10.3. The van der Waals surface area contributed by atoms with Crippen LogP contribution in [0, 0.1) is 0 Å². The molecule has 0 atom stereocenters. The highest BCUT2D eigenvalue weighted by molar-refractivity contribution is 7.92. The largest absolute Gasteiger partial charge is 0.381 e. The van der Waals surface area contributed by atoms with E-state index in [-0.39, 0.29) is 11.2 Å². The molecule has 1 fully saturated rings. The maximum atomic E-state index is 12.8. The summed E-state index contributed by atoms with van der Waals surface area (Å²) < 4.78 is 30.8. The molecular weight excluding hydrogens is 402 g/mol. The molecule has 0 spiro atoms. The molecule has 30 heavy (non-hydrogen) atoms. The van der Waals surface area contributed by atoms with Gasteiger partial charge in [-0.25, -0.2) is 8.42 Å². The lowest BCUT2D eigenvalue weighted by atomic mass is 10.1. The van der Waals surface area contributed by atoms with Gasteiger partial charge in [0, 0.05) is 44.3 Å². The Bertz CT molecular complexity index is 1020. The quantitative estimate of drug-likeness (QED) is 0.776. The summed E-state index contributed by atoms with van der Waals surface area (Å²) in [5.74, 6) is -0.170. The first-order chi connectivity index (χ1) is 14.5. The normalized spacial score (nSPS) is 22.3. The number of aliphatic imine (C=N–C) groups is 1. The zero-order valence-corrected chi connectivity index (χ0v) is 17.5. The van der Waals surface area contributed by atoms with Crippen LogP contribution in [0.15, 0.2) is 70.4 Å². The van der Waals surface area contributed by atoms with Crippen molar-refractivity contribution in [3.63, 3.8) is 0 Å². The van der Waals surface area contributed by atoms with Gasteiger partial charge in [0.15, 0.2) is 9.84 Å². The van der Waals surface area contributed by atoms with Crippen LogP contribution in [0.3, 0.4) is 0 Å². The van der Waals surface area contributed by atoms with Gasteiger partial charge >= 0.3 is 0 Å². The minimum atomic E-state index is -3.35. The van der Waals surface area contributed by atoms with Gasteiger partial charge < -0.3 is 15.0 Å². The Morgan fingerprint density at radius 2 is 1.93 bits per heavy atom. The minimum absolute atomic E-state index is 0.170. The zero-order chi connectivity index (χ0) is 21.0. The van der Waals surface area contributed by atoms with E-state index in [9.17, 15) is 13.2 Å². The second kappa shape index (κ2) is 8.97. The maximum absolute atomic E-state index is 12.8. The van der Waals surface area contributed by atoms with Crippen LogP contribution in [0.2, 0.25) is 0 Å². The number of hydrogen-bond donors (Lipinski definition) is 1. The fourth-order valence-electron chi connectivity index (χ4n) is 3.64. The van der Waals surface area contributed by atoms with E-state index in [1.54, 1.807) is 36.5 Å². The fourth-order valence-corrected chi connectivity index (χ4v) is 5.36. The molecule has 1 aromatic rings. The number of carbonyl (C=O) groups is 1. The number of nitrogens with zero attached hydrogens (tertiary/aromatic N) is 2. The molecule has 3 aliphatic heterocycles. The van der Waals surface area contributed by atoms with Crippen molar-refractivity contribution in [2.45, 2.75) is 29.5 Å². The number of rotatable bonds is 5. The number of ether oxygens (including phenoxy) is 1. The van der Waals surface area contributed by atoms with Crippen molar-refractivity contribution in [2.75, 3.05) is 26.3 Å². The number of carbonyl (C=O) groups excluding carboxylic acids is 1. The molecule has 1 N–H and O–H groups in total. The van der Waals surface area contributed by atoms with Crippen LogP contribution in [-0.2, 0) is 25.9 Å². The Kier molecular flexibility index (Phi) is 6.15. The van der Waals surface area contributed by atoms with Crippen molar-refractivity contribution < 1.29 is 17.9 Å². The second-order valence-electron chi connectivity index (χ2n) is 7.52.